The van der Waals surface area contributed by atoms with Crippen LogP contribution in [-0.2, 0) is 0 Å². The van der Waals surface area contributed by atoms with Crippen molar-refractivity contribution in [1.29, 1.82) is 0 Å². The molecule has 2 atom stereocenters. The van der Waals surface area contributed by atoms with Crippen molar-refractivity contribution in [3.05, 3.63) is 0 Å². The summed E-state index contributed by atoms with van der Waals surface area (Å²) in [5.41, 5.74) is 6.23. The van der Waals surface area contributed by atoms with Gasteiger partial charge in [-0.15, -0.1) is 0 Å². The van der Waals surface area contributed by atoms with Gasteiger partial charge in [-0.3, -0.25) is 4.90 Å². The van der Waals surface area contributed by atoms with Crippen molar-refractivity contribution >= 4 is 0 Å². The Bertz CT molecular complexity index is 141. The first-order valence-corrected chi connectivity index (χ1v) is 6.29. The second-order valence-corrected chi connectivity index (χ2v) is 4.52. The molecule has 1 aliphatic rings. The normalized spacial score (nSPS) is 23.4. The molecule has 84 valence electrons. The molecule has 14 heavy (non-hydrogen) atoms. The van der Waals surface area contributed by atoms with Crippen molar-refractivity contribution in [3.8, 4) is 0 Å². The van der Waals surface area contributed by atoms with Crippen molar-refractivity contribution in [1.82, 2.24) is 4.90 Å². The van der Waals surface area contributed by atoms with E-state index >= 15 is 0 Å². The molecule has 2 nitrogen and oxygen atoms in total. The molecule has 1 saturated heterocycles. The highest BCUT2D eigenvalue weighted by molar-refractivity contribution is 4.82. The number of hydrogen-bond acceptors (Lipinski definition) is 2. The highest BCUT2D eigenvalue weighted by atomic mass is 15.2. The summed E-state index contributed by atoms with van der Waals surface area (Å²) in [6.45, 7) is 7.05. The van der Waals surface area contributed by atoms with Crippen LogP contribution < -0.4 is 5.73 Å². The monoisotopic (exact) mass is 198 g/mol. The predicted octanol–water partition coefficient (Wildman–Crippen LogP) is 2.38. The first kappa shape index (κ1) is 12.0. The molecule has 2 N–H and O–H groups in total. The molecule has 0 amide bonds. The van der Waals surface area contributed by atoms with Crippen molar-refractivity contribution in [2.75, 3.05) is 13.1 Å². The molecule has 0 spiro atoms. The molecule has 0 aliphatic carbocycles. The van der Waals surface area contributed by atoms with Gasteiger partial charge in [0.15, 0.2) is 0 Å². The van der Waals surface area contributed by atoms with Gasteiger partial charge in [0.2, 0.25) is 0 Å². The van der Waals surface area contributed by atoms with Gasteiger partial charge in [-0.05, 0) is 38.8 Å². The van der Waals surface area contributed by atoms with Crippen LogP contribution in [0.2, 0.25) is 0 Å². The molecule has 0 radical (unpaired) electrons. The average Bonchev–Trinajstić information content (AvgIpc) is 2.21. The summed E-state index contributed by atoms with van der Waals surface area (Å²) in [7, 11) is 0. The Morgan fingerprint density at radius 1 is 1.14 bits per heavy atom. The van der Waals surface area contributed by atoms with Crippen LogP contribution in [0.1, 0.15) is 52.4 Å². The van der Waals surface area contributed by atoms with Gasteiger partial charge >= 0.3 is 0 Å². The lowest BCUT2D eigenvalue weighted by molar-refractivity contribution is 0.135. The summed E-state index contributed by atoms with van der Waals surface area (Å²) in [5, 5.41) is 0. The quantitative estimate of drug-likeness (QED) is 0.735. The van der Waals surface area contributed by atoms with Gasteiger partial charge in [0.1, 0.15) is 0 Å². The SMILES string of the molecule is CCCC(N)C(CC)N1CCCCC1. The fraction of sp³-hybridized carbons (Fsp3) is 1.00. The van der Waals surface area contributed by atoms with Crippen LogP contribution in [0, 0.1) is 0 Å². The zero-order valence-corrected chi connectivity index (χ0v) is 9.84. The molecular formula is C12H26N2. The van der Waals surface area contributed by atoms with Gasteiger partial charge < -0.3 is 5.73 Å². The zero-order valence-electron chi connectivity index (χ0n) is 9.84. The summed E-state index contributed by atoms with van der Waals surface area (Å²) in [6, 6.07) is 1.03. The topological polar surface area (TPSA) is 29.3 Å². The smallest absolute Gasteiger partial charge is 0.0244 e. The van der Waals surface area contributed by atoms with Crippen LogP contribution >= 0.6 is 0 Å². The van der Waals surface area contributed by atoms with Gasteiger partial charge in [-0.25, -0.2) is 0 Å². The van der Waals surface area contributed by atoms with Crippen LogP contribution in [-0.4, -0.2) is 30.1 Å². The van der Waals surface area contributed by atoms with Crippen molar-refractivity contribution in [2.45, 2.75) is 64.5 Å². The third-order valence-corrected chi connectivity index (χ3v) is 3.39. The molecule has 0 aromatic heterocycles. The lowest BCUT2D eigenvalue weighted by Crippen LogP contribution is -2.49. The maximum Gasteiger partial charge on any atom is 0.0244 e. The molecule has 2 unspecified atom stereocenters. The summed E-state index contributed by atoms with van der Waals surface area (Å²) >= 11 is 0. The molecule has 0 aromatic carbocycles. The summed E-state index contributed by atoms with van der Waals surface area (Å²) in [6.07, 6.45) is 7.75. The van der Waals surface area contributed by atoms with Gasteiger partial charge in [-0.2, -0.15) is 0 Å². The minimum atomic E-state index is 0.392. The van der Waals surface area contributed by atoms with Crippen LogP contribution in [0.5, 0.6) is 0 Å². The Kier molecular flexibility index (Phi) is 5.49. The van der Waals surface area contributed by atoms with Crippen molar-refractivity contribution in [3.63, 3.8) is 0 Å². The maximum absolute atomic E-state index is 6.23. The van der Waals surface area contributed by atoms with Crippen LogP contribution in [0.4, 0.5) is 0 Å². The van der Waals surface area contributed by atoms with E-state index in [1.807, 2.05) is 0 Å². The Morgan fingerprint density at radius 3 is 2.29 bits per heavy atom. The van der Waals surface area contributed by atoms with Gasteiger partial charge in [0.05, 0.1) is 0 Å². The minimum Gasteiger partial charge on any atom is -0.326 e. The fourth-order valence-corrected chi connectivity index (χ4v) is 2.61. The standard InChI is InChI=1S/C12H26N2/c1-3-8-11(13)12(4-2)14-9-6-5-7-10-14/h11-12H,3-10,13H2,1-2H3. The van der Waals surface area contributed by atoms with E-state index in [1.165, 1.54) is 51.6 Å². The molecule has 0 saturated carbocycles. The van der Waals surface area contributed by atoms with E-state index in [2.05, 4.69) is 18.7 Å². The van der Waals surface area contributed by atoms with Gasteiger partial charge in [0, 0.05) is 12.1 Å². The van der Waals surface area contributed by atoms with Gasteiger partial charge in [0.25, 0.3) is 0 Å². The van der Waals surface area contributed by atoms with E-state index in [4.69, 9.17) is 5.73 Å². The molecule has 2 heteroatoms. The first-order chi connectivity index (χ1) is 6.79. The third-order valence-electron chi connectivity index (χ3n) is 3.39. The molecule has 0 bridgehead atoms. The predicted molar refractivity (Wildman–Crippen MR) is 62.4 cm³/mol. The Morgan fingerprint density at radius 2 is 1.79 bits per heavy atom. The number of hydrogen-bond donors (Lipinski definition) is 1. The number of piperidine rings is 1. The first-order valence-electron chi connectivity index (χ1n) is 6.29. The number of rotatable bonds is 5. The van der Waals surface area contributed by atoms with E-state index in [0.717, 1.165) is 0 Å². The lowest BCUT2D eigenvalue weighted by atomic mass is 9.98. The Labute approximate surface area is 88.8 Å². The molecule has 1 aliphatic heterocycles. The van der Waals surface area contributed by atoms with Crippen molar-refractivity contribution in [2.24, 2.45) is 5.73 Å². The number of likely N-dealkylation sites (tertiary alicyclic amines) is 1. The van der Waals surface area contributed by atoms with E-state index in [-0.39, 0.29) is 0 Å². The second kappa shape index (κ2) is 6.41. The van der Waals surface area contributed by atoms with E-state index < -0.39 is 0 Å². The van der Waals surface area contributed by atoms with E-state index in [9.17, 15) is 0 Å². The highest BCUT2D eigenvalue weighted by Gasteiger charge is 2.23. The van der Waals surface area contributed by atoms with Crippen LogP contribution in [0.3, 0.4) is 0 Å². The van der Waals surface area contributed by atoms with Crippen LogP contribution in [0.25, 0.3) is 0 Å². The van der Waals surface area contributed by atoms with E-state index in [0.29, 0.717) is 12.1 Å². The largest absolute Gasteiger partial charge is 0.326 e. The molecule has 1 heterocycles. The van der Waals surface area contributed by atoms with Crippen LogP contribution in [0.15, 0.2) is 0 Å². The minimum absolute atomic E-state index is 0.392. The van der Waals surface area contributed by atoms with Crippen molar-refractivity contribution < 1.29 is 0 Å². The third kappa shape index (κ3) is 3.25. The average molecular weight is 198 g/mol. The van der Waals surface area contributed by atoms with E-state index in [1.54, 1.807) is 0 Å². The second-order valence-electron chi connectivity index (χ2n) is 4.52. The molecule has 1 rings (SSSR count). The Hall–Kier alpha value is -0.0800. The highest BCUT2D eigenvalue weighted by Crippen LogP contribution is 2.17. The summed E-state index contributed by atoms with van der Waals surface area (Å²) in [5.74, 6) is 0. The molecule has 1 fully saturated rings. The zero-order chi connectivity index (χ0) is 10.4. The number of nitrogens with zero attached hydrogens (tertiary/aromatic N) is 1. The van der Waals surface area contributed by atoms with Gasteiger partial charge in [-0.1, -0.05) is 26.7 Å². The lowest BCUT2D eigenvalue weighted by Gasteiger charge is -2.37. The summed E-state index contributed by atoms with van der Waals surface area (Å²) in [4.78, 5) is 2.61. The fourth-order valence-electron chi connectivity index (χ4n) is 2.61. The number of nitrogens with two attached hydrogens (primary N) is 1. The maximum atomic E-state index is 6.23. The molecule has 0 aromatic rings. The Balaban J connectivity index is 2.41. The summed E-state index contributed by atoms with van der Waals surface area (Å²) < 4.78 is 0. The molecular weight excluding hydrogens is 172 g/mol.